The third kappa shape index (κ3) is 8.93. The predicted molar refractivity (Wildman–Crippen MR) is 124 cm³/mol. The molecule has 7 nitrogen and oxygen atoms in total. The molecule has 28 heavy (non-hydrogen) atoms. The van der Waals surface area contributed by atoms with Crippen molar-refractivity contribution in [1.29, 1.82) is 0 Å². The van der Waals surface area contributed by atoms with Gasteiger partial charge in [0.2, 0.25) is 0 Å². The molecule has 2 N–H and O–H groups in total. The molecule has 1 aromatic carbocycles. The molecule has 1 atom stereocenters. The van der Waals surface area contributed by atoms with Gasteiger partial charge in [0.1, 0.15) is 11.9 Å². The summed E-state index contributed by atoms with van der Waals surface area (Å²) in [5.74, 6) is 1.71. The first-order chi connectivity index (χ1) is 13.1. The quantitative estimate of drug-likeness (QED) is 0.288. The molecule has 1 fully saturated rings. The Morgan fingerprint density at radius 3 is 2.82 bits per heavy atom. The Kier molecular flexibility index (Phi) is 12.4. The van der Waals surface area contributed by atoms with Crippen LogP contribution in [0.25, 0.3) is 0 Å². The van der Waals surface area contributed by atoms with Gasteiger partial charge in [-0.25, -0.2) is 0 Å². The van der Waals surface area contributed by atoms with Gasteiger partial charge in [-0.3, -0.25) is 4.99 Å². The van der Waals surface area contributed by atoms with Gasteiger partial charge >= 0.3 is 0 Å². The van der Waals surface area contributed by atoms with E-state index in [1.54, 1.807) is 14.2 Å². The average molecular weight is 506 g/mol. The fourth-order valence-corrected chi connectivity index (χ4v) is 2.83. The van der Waals surface area contributed by atoms with Crippen molar-refractivity contribution in [1.82, 2.24) is 15.5 Å². The van der Waals surface area contributed by atoms with E-state index in [0.29, 0.717) is 13.2 Å². The smallest absolute Gasteiger partial charge is 0.191 e. The molecule has 1 aromatic rings. The van der Waals surface area contributed by atoms with E-state index in [4.69, 9.17) is 14.2 Å². The van der Waals surface area contributed by atoms with Crippen LogP contribution in [0.2, 0.25) is 0 Å². The average Bonchev–Trinajstić information content (AvgIpc) is 3.17. The van der Waals surface area contributed by atoms with Crippen molar-refractivity contribution in [2.24, 2.45) is 4.99 Å². The number of nitrogens with zero attached hydrogens (tertiary/aromatic N) is 2. The highest BCUT2D eigenvalue weighted by Crippen LogP contribution is 2.23. The highest BCUT2D eigenvalue weighted by Gasteiger charge is 2.18. The van der Waals surface area contributed by atoms with Crippen molar-refractivity contribution < 1.29 is 14.2 Å². The number of methoxy groups -OCH3 is 1. The van der Waals surface area contributed by atoms with Crippen molar-refractivity contribution in [3.05, 3.63) is 29.3 Å². The van der Waals surface area contributed by atoms with Gasteiger partial charge in [0.25, 0.3) is 0 Å². The van der Waals surface area contributed by atoms with E-state index in [2.05, 4.69) is 52.7 Å². The van der Waals surface area contributed by atoms with Crippen LogP contribution in [0.4, 0.5) is 0 Å². The molecular formula is C20H35IN4O3. The van der Waals surface area contributed by atoms with Crippen LogP contribution in [-0.4, -0.2) is 77.6 Å². The zero-order chi connectivity index (χ0) is 19.5. The minimum Gasteiger partial charge on any atom is -0.488 e. The highest BCUT2D eigenvalue weighted by atomic mass is 127. The monoisotopic (exact) mass is 506 g/mol. The summed E-state index contributed by atoms with van der Waals surface area (Å²) in [4.78, 5) is 6.52. The highest BCUT2D eigenvalue weighted by molar-refractivity contribution is 14.0. The molecule has 0 amide bonds. The summed E-state index contributed by atoms with van der Waals surface area (Å²) < 4.78 is 16.7. The van der Waals surface area contributed by atoms with Crippen LogP contribution in [0.15, 0.2) is 23.2 Å². The molecule has 0 aliphatic carbocycles. The molecule has 0 radical (unpaired) electrons. The maximum Gasteiger partial charge on any atom is 0.191 e. The van der Waals surface area contributed by atoms with Gasteiger partial charge < -0.3 is 29.7 Å². The van der Waals surface area contributed by atoms with Crippen LogP contribution in [0, 0.1) is 6.92 Å². The number of hydrogen-bond acceptors (Lipinski definition) is 5. The van der Waals surface area contributed by atoms with Crippen molar-refractivity contribution in [2.75, 3.05) is 60.7 Å². The number of rotatable bonds is 10. The van der Waals surface area contributed by atoms with Crippen LogP contribution < -0.4 is 15.4 Å². The summed E-state index contributed by atoms with van der Waals surface area (Å²) in [6, 6.07) is 6.31. The number of guanidine groups is 1. The predicted octanol–water partition coefficient (Wildman–Crippen LogP) is 2.02. The Hall–Kier alpha value is -1.10. The number of aryl methyl sites for hydroxylation is 1. The summed E-state index contributed by atoms with van der Waals surface area (Å²) in [7, 11) is 5.59. The summed E-state index contributed by atoms with van der Waals surface area (Å²) in [6.45, 7) is 7.57. The van der Waals surface area contributed by atoms with E-state index in [9.17, 15) is 0 Å². The lowest BCUT2D eigenvalue weighted by molar-refractivity contribution is 0.140. The van der Waals surface area contributed by atoms with Crippen molar-refractivity contribution in [3.63, 3.8) is 0 Å². The number of benzene rings is 1. The lowest BCUT2D eigenvalue weighted by Crippen LogP contribution is -2.41. The number of hydrogen-bond donors (Lipinski definition) is 2. The first kappa shape index (κ1) is 24.9. The molecule has 0 aromatic heterocycles. The van der Waals surface area contributed by atoms with E-state index in [-0.39, 0.29) is 30.1 Å². The van der Waals surface area contributed by atoms with Crippen molar-refractivity contribution in [3.8, 4) is 5.75 Å². The van der Waals surface area contributed by atoms with Gasteiger partial charge in [-0.1, -0.05) is 12.1 Å². The second-order valence-electron chi connectivity index (χ2n) is 6.86. The van der Waals surface area contributed by atoms with Gasteiger partial charge in [-0.2, -0.15) is 0 Å². The molecule has 8 heteroatoms. The van der Waals surface area contributed by atoms with E-state index < -0.39 is 0 Å². The second-order valence-corrected chi connectivity index (χ2v) is 6.86. The first-order valence-corrected chi connectivity index (χ1v) is 9.58. The molecule has 1 unspecified atom stereocenters. The molecule has 0 bridgehead atoms. The first-order valence-electron chi connectivity index (χ1n) is 9.58. The fourth-order valence-electron chi connectivity index (χ4n) is 2.83. The van der Waals surface area contributed by atoms with Gasteiger partial charge in [0.05, 0.1) is 19.8 Å². The van der Waals surface area contributed by atoms with Crippen LogP contribution in [0.5, 0.6) is 5.75 Å². The Bertz CT molecular complexity index is 595. The topological polar surface area (TPSA) is 67.4 Å². The Morgan fingerprint density at radius 2 is 2.14 bits per heavy atom. The van der Waals surface area contributed by atoms with E-state index in [1.165, 1.54) is 5.56 Å². The molecule has 0 spiro atoms. The van der Waals surface area contributed by atoms with Crippen LogP contribution in [-0.2, 0) is 16.0 Å². The van der Waals surface area contributed by atoms with Gasteiger partial charge in [0, 0.05) is 52.3 Å². The number of halogens is 1. The molecule has 1 saturated heterocycles. The summed E-state index contributed by atoms with van der Waals surface area (Å²) in [5.41, 5.74) is 2.31. The Morgan fingerprint density at radius 1 is 1.32 bits per heavy atom. The molecule has 2 rings (SSSR count). The third-order valence-corrected chi connectivity index (χ3v) is 4.54. The van der Waals surface area contributed by atoms with Crippen molar-refractivity contribution in [2.45, 2.75) is 26.0 Å². The zero-order valence-electron chi connectivity index (χ0n) is 17.5. The second kappa shape index (κ2) is 14.0. The van der Waals surface area contributed by atoms with Crippen LogP contribution >= 0.6 is 24.0 Å². The van der Waals surface area contributed by atoms with E-state index in [0.717, 1.165) is 56.5 Å². The molecule has 1 aliphatic rings. The minimum absolute atomic E-state index is 0. The standard InChI is InChI=1S/C20H34N4O3.HI/c1-16-5-6-17(19(13-16)27-18-7-11-26-15-18)14-23-20(21-2)22-8-9-24(3)10-12-25-4;/h5-6,13,18H,7-12,14-15H2,1-4H3,(H2,21,22,23);1H. The Balaban J connectivity index is 0.00000392. The minimum atomic E-state index is 0. The van der Waals surface area contributed by atoms with Gasteiger partial charge in [-0.15, -0.1) is 24.0 Å². The molecule has 160 valence electrons. The lowest BCUT2D eigenvalue weighted by Gasteiger charge is -2.19. The maximum absolute atomic E-state index is 6.16. The lowest BCUT2D eigenvalue weighted by atomic mass is 10.1. The number of likely N-dealkylation sites (N-methyl/N-ethyl adjacent to an activating group) is 1. The van der Waals surface area contributed by atoms with Gasteiger partial charge in [-0.05, 0) is 25.6 Å². The van der Waals surface area contributed by atoms with E-state index >= 15 is 0 Å². The van der Waals surface area contributed by atoms with Gasteiger partial charge in [0.15, 0.2) is 5.96 Å². The van der Waals surface area contributed by atoms with Crippen molar-refractivity contribution >= 4 is 29.9 Å². The number of ether oxygens (including phenoxy) is 3. The normalized spacial score (nSPS) is 16.8. The third-order valence-electron chi connectivity index (χ3n) is 4.54. The number of nitrogens with one attached hydrogen (secondary N) is 2. The SMILES string of the molecule is CN=C(NCCN(C)CCOC)NCc1ccc(C)cc1OC1CCOC1.I. The fraction of sp³-hybridized carbons (Fsp3) is 0.650. The summed E-state index contributed by atoms with van der Waals surface area (Å²) in [6.07, 6.45) is 1.09. The largest absolute Gasteiger partial charge is 0.488 e. The summed E-state index contributed by atoms with van der Waals surface area (Å²) in [5, 5.41) is 6.72. The van der Waals surface area contributed by atoms with Crippen LogP contribution in [0.1, 0.15) is 17.5 Å². The molecule has 0 saturated carbocycles. The summed E-state index contributed by atoms with van der Waals surface area (Å²) >= 11 is 0. The Labute approximate surface area is 186 Å². The maximum atomic E-state index is 6.16. The number of aliphatic imine (C=N–C) groups is 1. The molecular weight excluding hydrogens is 471 g/mol. The molecule has 1 aliphatic heterocycles. The molecule has 1 heterocycles. The zero-order valence-corrected chi connectivity index (χ0v) is 19.8. The van der Waals surface area contributed by atoms with Crippen LogP contribution in [0.3, 0.4) is 0 Å². The van der Waals surface area contributed by atoms with E-state index in [1.807, 2.05) is 0 Å².